The van der Waals surface area contributed by atoms with Crippen LogP contribution in [-0.2, 0) is 0 Å². The summed E-state index contributed by atoms with van der Waals surface area (Å²) in [4.78, 5) is 0. The molecule has 0 aliphatic carbocycles. The van der Waals surface area contributed by atoms with Gasteiger partial charge in [-0.05, 0) is 12.2 Å². The van der Waals surface area contributed by atoms with Crippen LogP contribution in [0.2, 0.25) is 0 Å². The highest BCUT2D eigenvalue weighted by Gasteiger charge is 1.92. The molecule has 0 radical (unpaired) electrons. The van der Waals surface area contributed by atoms with Crippen molar-refractivity contribution in [3.63, 3.8) is 0 Å². The van der Waals surface area contributed by atoms with E-state index in [9.17, 15) is 0 Å². The molecule has 0 saturated heterocycles. The van der Waals surface area contributed by atoms with Gasteiger partial charge in [0.1, 0.15) is 0 Å². The molecule has 0 aromatic carbocycles. The first-order chi connectivity index (χ1) is 7.91. The van der Waals surface area contributed by atoms with Crippen LogP contribution < -0.4 is 0 Å². The summed E-state index contributed by atoms with van der Waals surface area (Å²) in [6, 6.07) is 0. The summed E-state index contributed by atoms with van der Waals surface area (Å²) in [7, 11) is 0. The van der Waals surface area contributed by atoms with E-state index in [0.717, 1.165) is 12.0 Å². The molecule has 0 aromatic heterocycles. The van der Waals surface area contributed by atoms with Gasteiger partial charge in [-0.15, -0.1) is 11.8 Å². The van der Waals surface area contributed by atoms with E-state index in [1.165, 1.54) is 64.2 Å². The summed E-state index contributed by atoms with van der Waals surface area (Å²) in [6.45, 7) is 2.27. The van der Waals surface area contributed by atoms with Gasteiger partial charge in [0.15, 0.2) is 0 Å². The largest absolute Gasteiger partial charge is 0.515 e. The minimum Gasteiger partial charge on any atom is -0.515 e. The van der Waals surface area contributed by atoms with Crippen LogP contribution in [0.15, 0.2) is 11.7 Å². The Kier molecular flexibility index (Phi) is 14.8. The maximum absolute atomic E-state index is 8.43. The molecule has 0 heterocycles. The minimum atomic E-state index is 1.13. The number of thioether (sulfide) groups is 1. The lowest BCUT2D eigenvalue weighted by molar-refractivity contribution is 0.475. The van der Waals surface area contributed by atoms with Crippen LogP contribution >= 0.6 is 11.8 Å². The van der Waals surface area contributed by atoms with Crippen molar-refractivity contribution >= 4 is 11.8 Å². The Morgan fingerprint density at radius 2 is 1.31 bits per heavy atom. The van der Waals surface area contributed by atoms with Crippen molar-refractivity contribution in [1.82, 2.24) is 0 Å². The first-order valence-electron chi connectivity index (χ1n) is 6.82. The summed E-state index contributed by atoms with van der Waals surface area (Å²) >= 11 is 1.70. The van der Waals surface area contributed by atoms with Crippen molar-refractivity contribution in [3.05, 3.63) is 11.7 Å². The van der Waals surface area contributed by atoms with Crippen LogP contribution in [-0.4, -0.2) is 10.9 Å². The number of hydrogen-bond donors (Lipinski definition) is 1. The monoisotopic (exact) mass is 244 g/mol. The topological polar surface area (TPSA) is 20.2 Å². The lowest BCUT2D eigenvalue weighted by Gasteiger charge is -2.01. The van der Waals surface area contributed by atoms with E-state index in [0.29, 0.717) is 0 Å². The Morgan fingerprint density at radius 1 is 0.812 bits per heavy atom. The van der Waals surface area contributed by atoms with Gasteiger partial charge in [-0.1, -0.05) is 64.7 Å². The average molecular weight is 244 g/mol. The molecular formula is C14H28OS. The molecule has 0 unspecified atom stereocenters. The van der Waals surface area contributed by atoms with Crippen LogP contribution in [0.25, 0.3) is 0 Å². The van der Waals surface area contributed by atoms with Gasteiger partial charge in [-0.25, -0.2) is 0 Å². The van der Waals surface area contributed by atoms with Gasteiger partial charge >= 0.3 is 0 Å². The van der Waals surface area contributed by atoms with Gasteiger partial charge in [0.2, 0.25) is 0 Å². The third-order valence-electron chi connectivity index (χ3n) is 2.77. The van der Waals surface area contributed by atoms with E-state index in [1.54, 1.807) is 17.2 Å². The number of rotatable bonds is 12. The number of unbranched alkanes of at least 4 members (excludes halogenated alkanes) is 9. The first kappa shape index (κ1) is 15.9. The second-order valence-corrected chi connectivity index (χ2v) is 5.35. The Morgan fingerprint density at radius 3 is 1.81 bits per heavy atom. The van der Waals surface area contributed by atoms with Gasteiger partial charge < -0.3 is 5.11 Å². The van der Waals surface area contributed by atoms with Crippen LogP contribution in [0.1, 0.15) is 71.1 Å². The van der Waals surface area contributed by atoms with Crippen molar-refractivity contribution in [3.8, 4) is 0 Å². The van der Waals surface area contributed by atoms with Gasteiger partial charge in [-0.3, -0.25) is 0 Å². The van der Waals surface area contributed by atoms with Gasteiger partial charge in [0, 0.05) is 5.41 Å². The summed E-state index contributed by atoms with van der Waals surface area (Å²) in [6.07, 6.45) is 15.0. The SMILES string of the molecule is CCCCCCCCCCCCS/C=C/O. The van der Waals surface area contributed by atoms with Gasteiger partial charge in [0.05, 0.1) is 6.26 Å². The molecule has 0 saturated carbocycles. The molecule has 0 aliphatic heterocycles. The smallest absolute Gasteiger partial charge is 0.0854 e. The fourth-order valence-electron chi connectivity index (χ4n) is 1.78. The quantitative estimate of drug-likeness (QED) is 0.352. The van der Waals surface area contributed by atoms with Crippen molar-refractivity contribution < 1.29 is 5.11 Å². The molecule has 0 amide bonds. The van der Waals surface area contributed by atoms with E-state index >= 15 is 0 Å². The van der Waals surface area contributed by atoms with Crippen molar-refractivity contribution in [1.29, 1.82) is 0 Å². The zero-order valence-electron chi connectivity index (χ0n) is 10.8. The molecule has 0 bridgehead atoms. The van der Waals surface area contributed by atoms with E-state index in [4.69, 9.17) is 5.11 Å². The molecule has 0 atom stereocenters. The molecule has 1 N–H and O–H groups in total. The first-order valence-corrected chi connectivity index (χ1v) is 7.87. The highest BCUT2D eigenvalue weighted by atomic mass is 32.2. The fraction of sp³-hybridized carbons (Fsp3) is 0.857. The predicted molar refractivity (Wildman–Crippen MR) is 76.1 cm³/mol. The average Bonchev–Trinajstić information content (AvgIpc) is 2.31. The van der Waals surface area contributed by atoms with Crippen molar-refractivity contribution in [2.75, 3.05) is 5.75 Å². The molecule has 0 rings (SSSR count). The molecule has 96 valence electrons. The maximum atomic E-state index is 8.43. The molecule has 0 fully saturated rings. The normalized spacial score (nSPS) is 11.3. The molecule has 1 nitrogen and oxygen atoms in total. The van der Waals surface area contributed by atoms with Crippen molar-refractivity contribution in [2.24, 2.45) is 0 Å². The second kappa shape index (κ2) is 14.9. The third-order valence-corrected chi connectivity index (χ3v) is 3.61. The van der Waals surface area contributed by atoms with E-state index in [1.807, 2.05) is 0 Å². The fourth-order valence-corrected chi connectivity index (χ4v) is 2.38. The van der Waals surface area contributed by atoms with Crippen LogP contribution in [0.3, 0.4) is 0 Å². The van der Waals surface area contributed by atoms with Gasteiger partial charge in [0.25, 0.3) is 0 Å². The van der Waals surface area contributed by atoms with Crippen LogP contribution in [0.5, 0.6) is 0 Å². The highest BCUT2D eigenvalue weighted by molar-refractivity contribution is 8.02. The maximum Gasteiger partial charge on any atom is 0.0854 e. The summed E-state index contributed by atoms with van der Waals surface area (Å²) in [5.74, 6) is 1.15. The summed E-state index contributed by atoms with van der Waals surface area (Å²) < 4.78 is 0. The lowest BCUT2D eigenvalue weighted by atomic mass is 10.1. The number of aliphatic hydroxyl groups is 1. The molecule has 16 heavy (non-hydrogen) atoms. The Bertz CT molecular complexity index is 146. The van der Waals surface area contributed by atoms with E-state index in [-0.39, 0.29) is 0 Å². The van der Waals surface area contributed by atoms with Crippen LogP contribution in [0.4, 0.5) is 0 Å². The Balaban J connectivity index is 2.88. The molecule has 0 spiro atoms. The molecule has 0 aliphatic rings. The zero-order chi connectivity index (χ0) is 11.9. The lowest BCUT2D eigenvalue weighted by Crippen LogP contribution is -1.82. The van der Waals surface area contributed by atoms with Crippen LogP contribution in [0, 0.1) is 0 Å². The second-order valence-electron chi connectivity index (χ2n) is 4.34. The highest BCUT2D eigenvalue weighted by Crippen LogP contribution is 2.12. The third kappa shape index (κ3) is 13.9. The Labute approximate surface area is 106 Å². The minimum absolute atomic E-state index is 1.13. The van der Waals surface area contributed by atoms with E-state index < -0.39 is 0 Å². The number of hydrogen-bond acceptors (Lipinski definition) is 2. The number of aliphatic hydroxyl groups excluding tert-OH is 1. The summed E-state index contributed by atoms with van der Waals surface area (Å²) in [5, 5.41) is 10.2. The Hall–Kier alpha value is -0.110. The van der Waals surface area contributed by atoms with Gasteiger partial charge in [-0.2, -0.15) is 0 Å². The molecule has 2 heteroatoms. The molecule has 0 aromatic rings. The standard InChI is InChI=1S/C14H28OS/c1-2-3-4-5-6-7-8-9-10-11-13-16-14-12-15/h12,14-15H,2-11,13H2,1H3/b14-12+. The van der Waals surface area contributed by atoms with Crippen molar-refractivity contribution in [2.45, 2.75) is 71.1 Å². The predicted octanol–water partition coefficient (Wildman–Crippen LogP) is 5.67. The zero-order valence-corrected chi connectivity index (χ0v) is 11.6. The summed E-state index contributed by atoms with van der Waals surface area (Å²) in [5.41, 5.74) is 0. The van der Waals surface area contributed by atoms with E-state index in [2.05, 4.69) is 6.92 Å². The molecular weight excluding hydrogens is 216 g/mol.